The maximum Gasteiger partial charge on any atom is 0.308 e. The largest absolute Gasteiger partial charge is 0.493 e. The second-order valence-corrected chi connectivity index (χ2v) is 6.68. The number of aryl methyl sites for hydroxylation is 1. The number of carbonyl (C=O) groups excluding carboxylic acids is 1. The van der Waals surface area contributed by atoms with Crippen LogP contribution in [-0.2, 0) is 22.7 Å². The minimum absolute atomic E-state index is 0.0404. The SMILES string of the molecule is COc1cccc(CN2CC(C(=O)O)CC2=O)c1OCc1ccccc1C. The molecule has 1 fully saturated rings. The van der Waals surface area contributed by atoms with E-state index in [0.717, 1.165) is 16.7 Å². The monoisotopic (exact) mass is 369 g/mol. The quantitative estimate of drug-likeness (QED) is 0.812. The van der Waals surface area contributed by atoms with Crippen LogP contribution in [0.1, 0.15) is 23.1 Å². The molecule has 0 radical (unpaired) electrons. The van der Waals surface area contributed by atoms with Crippen LogP contribution in [0.15, 0.2) is 42.5 Å². The fourth-order valence-corrected chi connectivity index (χ4v) is 3.23. The summed E-state index contributed by atoms with van der Waals surface area (Å²) in [6.45, 7) is 2.91. The van der Waals surface area contributed by atoms with E-state index in [9.17, 15) is 9.59 Å². The van der Waals surface area contributed by atoms with Gasteiger partial charge in [-0.05, 0) is 24.1 Å². The first kappa shape index (κ1) is 18.8. The average Bonchev–Trinajstić information content (AvgIpc) is 3.02. The maximum absolute atomic E-state index is 12.2. The highest BCUT2D eigenvalue weighted by Crippen LogP contribution is 2.34. The van der Waals surface area contributed by atoms with Gasteiger partial charge in [0.25, 0.3) is 0 Å². The van der Waals surface area contributed by atoms with Crippen LogP contribution >= 0.6 is 0 Å². The lowest BCUT2D eigenvalue weighted by Crippen LogP contribution is -2.26. The maximum atomic E-state index is 12.2. The predicted octanol–water partition coefficient (Wildman–Crippen LogP) is 3.02. The first-order valence-corrected chi connectivity index (χ1v) is 8.83. The van der Waals surface area contributed by atoms with Gasteiger partial charge in [-0.25, -0.2) is 0 Å². The molecule has 6 heteroatoms. The lowest BCUT2D eigenvalue weighted by atomic mass is 10.1. The lowest BCUT2D eigenvalue weighted by Gasteiger charge is -2.20. The van der Waals surface area contributed by atoms with Crippen molar-refractivity contribution < 1.29 is 24.2 Å². The minimum atomic E-state index is -0.937. The van der Waals surface area contributed by atoms with E-state index in [-0.39, 0.29) is 18.9 Å². The number of carbonyl (C=O) groups is 2. The van der Waals surface area contributed by atoms with E-state index in [0.29, 0.717) is 24.7 Å². The van der Waals surface area contributed by atoms with Crippen LogP contribution in [0.5, 0.6) is 11.5 Å². The highest BCUT2D eigenvalue weighted by molar-refractivity contribution is 5.86. The number of likely N-dealkylation sites (tertiary alicyclic amines) is 1. The number of ether oxygens (including phenoxy) is 2. The van der Waals surface area contributed by atoms with Gasteiger partial charge in [0.2, 0.25) is 5.91 Å². The van der Waals surface area contributed by atoms with Crippen molar-refractivity contribution in [2.24, 2.45) is 5.92 Å². The molecule has 0 bridgehead atoms. The van der Waals surface area contributed by atoms with Gasteiger partial charge in [-0.1, -0.05) is 36.4 Å². The van der Waals surface area contributed by atoms with Gasteiger partial charge in [0.05, 0.1) is 13.0 Å². The van der Waals surface area contributed by atoms with E-state index in [1.165, 1.54) is 0 Å². The van der Waals surface area contributed by atoms with Gasteiger partial charge in [-0.2, -0.15) is 0 Å². The number of carboxylic acids is 1. The average molecular weight is 369 g/mol. The molecule has 1 aliphatic rings. The van der Waals surface area contributed by atoms with Crippen molar-refractivity contribution in [3.05, 3.63) is 59.2 Å². The third-order valence-electron chi connectivity index (χ3n) is 4.84. The topological polar surface area (TPSA) is 76.1 Å². The number of rotatable bonds is 7. The molecule has 2 aromatic carbocycles. The van der Waals surface area contributed by atoms with Crippen molar-refractivity contribution in [3.8, 4) is 11.5 Å². The summed E-state index contributed by atoms with van der Waals surface area (Å²) in [6.07, 6.45) is 0.0404. The third-order valence-corrected chi connectivity index (χ3v) is 4.84. The van der Waals surface area contributed by atoms with E-state index < -0.39 is 11.9 Å². The normalized spacial score (nSPS) is 16.4. The van der Waals surface area contributed by atoms with Gasteiger partial charge in [0.15, 0.2) is 11.5 Å². The zero-order valence-corrected chi connectivity index (χ0v) is 15.5. The smallest absolute Gasteiger partial charge is 0.308 e. The molecule has 0 saturated carbocycles. The van der Waals surface area contributed by atoms with Crippen LogP contribution in [0.25, 0.3) is 0 Å². The molecule has 1 heterocycles. The number of amides is 1. The third kappa shape index (κ3) is 4.22. The van der Waals surface area contributed by atoms with Crippen LogP contribution in [0, 0.1) is 12.8 Å². The van der Waals surface area contributed by atoms with Crippen molar-refractivity contribution in [2.75, 3.05) is 13.7 Å². The molecular weight excluding hydrogens is 346 g/mol. The molecule has 142 valence electrons. The van der Waals surface area contributed by atoms with Crippen molar-refractivity contribution in [2.45, 2.75) is 26.5 Å². The van der Waals surface area contributed by atoms with Crippen molar-refractivity contribution in [1.29, 1.82) is 0 Å². The molecule has 1 N–H and O–H groups in total. The molecule has 0 spiro atoms. The summed E-state index contributed by atoms with van der Waals surface area (Å²) >= 11 is 0. The molecule has 0 aliphatic carbocycles. The highest BCUT2D eigenvalue weighted by Gasteiger charge is 2.34. The van der Waals surface area contributed by atoms with Gasteiger partial charge in [-0.3, -0.25) is 9.59 Å². The van der Waals surface area contributed by atoms with Gasteiger partial charge in [-0.15, -0.1) is 0 Å². The summed E-state index contributed by atoms with van der Waals surface area (Å²) < 4.78 is 11.5. The molecule has 0 aromatic heterocycles. The zero-order chi connectivity index (χ0) is 19.4. The second-order valence-electron chi connectivity index (χ2n) is 6.68. The Labute approximate surface area is 158 Å². The summed E-state index contributed by atoms with van der Waals surface area (Å²) in [5, 5.41) is 9.16. The highest BCUT2D eigenvalue weighted by atomic mass is 16.5. The number of benzene rings is 2. The number of hydrogen-bond donors (Lipinski definition) is 1. The standard InChI is InChI=1S/C21H23NO5/c1-14-6-3-4-7-16(14)13-27-20-15(8-5-9-18(20)26-2)11-22-12-17(21(24)25)10-19(22)23/h3-9,17H,10-13H2,1-2H3,(H,24,25). The van der Waals surface area contributed by atoms with E-state index in [4.69, 9.17) is 14.6 Å². The Kier molecular flexibility index (Phi) is 5.64. The molecule has 2 aromatic rings. The van der Waals surface area contributed by atoms with Crippen LogP contribution < -0.4 is 9.47 Å². The number of methoxy groups -OCH3 is 1. The number of nitrogens with zero attached hydrogens (tertiary/aromatic N) is 1. The number of para-hydroxylation sites is 1. The predicted molar refractivity (Wildman–Crippen MR) is 99.7 cm³/mol. The first-order chi connectivity index (χ1) is 13.0. The molecule has 1 unspecified atom stereocenters. The summed E-state index contributed by atoms with van der Waals surface area (Å²) in [5.41, 5.74) is 2.99. The lowest BCUT2D eigenvalue weighted by molar-refractivity contribution is -0.141. The van der Waals surface area contributed by atoms with Gasteiger partial charge < -0.3 is 19.5 Å². The van der Waals surface area contributed by atoms with E-state index in [2.05, 4.69) is 0 Å². The van der Waals surface area contributed by atoms with E-state index >= 15 is 0 Å². The van der Waals surface area contributed by atoms with Crippen molar-refractivity contribution in [1.82, 2.24) is 4.90 Å². The first-order valence-electron chi connectivity index (χ1n) is 8.83. The Morgan fingerprint density at radius 3 is 2.59 bits per heavy atom. The summed E-state index contributed by atoms with van der Waals surface area (Å²) in [7, 11) is 1.57. The molecular formula is C21H23NO5. The Morgan fingerprint density at radius 2 is 1.93 bits per heavy atom. The fraction of sp³-hybridized carbons (Fsp3) is 0.333. The van der Waals surface area contributed by atoms with Crippen molar-refractivity contribution in [3.63, 3.8) is 0 Å². The summed E-state index contributed by atoms with van der Waals surface area (Å²) in [4.78, 5) is 24.9. The Hall–Kier alpha value is -3.02. The Bertz CT molecular complexity index is 848. The molecule has 1 aliphatic heterocycles. The minimum Gasteiger partial charge on any atom is -0.493 e. The molecule has 1 atom stereocenters. The fourth-order valence-electron chi connectivity index (χ4n) is 3.23. The zero-order valence-electron chi connectivity index (χ0n) is 15.5. The van der Waals surface area contributed by atoms with Crippen LogP contribution in [0.4, 0.5) is 0 Å². The Balaban J connectivity index is 1.80. The van der Waals surface area contributed by atoms with Crippen LogP contribution in [0.3, 0.4) is 0 Å². The van der Waals surface area contributed by atoms with Crippen LogP contribution in [-0.4, -0.2) is 35.5 Å². The molecule has 1 saturated heterocycles. The van der Waals surface area contributed by atoms with Gasteiger partial charge in [0, 0.05) is 25.1 Å². The number of carboxylic acid groups (broad SMARTS) is 1. The van der Waals surface area contributed by atoms with E-state index in [1.54, 1.807) is 12.0 Å². The molecule has 3 rings (SSSR count). The number of hydrogen-bond acceptors (Lipinski definition) is 4. The molecule has 1 amide bonds. The van der Waals surface area contributed by atoms with Gasteiger partial charge >= 0.3 is 5.97 Å². The molecule has 6 nitrogen and oxygen atoms in total. The molecule has 27 heavy (non-hydrogen) atoms. The number of aliphatic carboxylic acids is 1. The van der Waals surface area contributed by atoms with Crippen LogP contribution in [0.2, 0.25) is 0 Å². The summed E-state index contributed by atoms with van der Waals surface area (Å²) in [6, 6.07) is 13.5. The van der Waals surface area contributed by atoms with Crippen molar-refractivity contribution >= 4 is 11.9 Å². The Morgan fingerprint density at radius 1 is 1.19 bits per heavy atom. The van der Waals surface area contributed by atoms with Gasteiger partial charge in [0.1, 0.15) is 6.61 Å². The van der Waals surface area contributed by atoms with E-state index in [1.807, 2.05) is 49.4 Å². The second kappa shape index (κ2) is 8.12. The summed E-state index contributed by atoms with van der Waals surface area (Å²) in [5.74, 6) is -0.584.